The number of halogens is 1. The first-order chi connectivity index (χ1) is 11.0. The average Bonchev–Trinajstić information content (AvgIpc) is 2.56. The van der Waals surface area contributed by atoms with Crippen molar-refractivity contribution in [1.29, 1.82) is 0 Å². The number of hydrogen-bond donors (Lipinski definition) is 0. The van der Waals surface area contributed by atoms with Crippen molar-refractivity contribution in [2.45, 2.75) is 5.92 Å². The van der Waals surface area contributed by atoms with Crippen LogP contribution >= 0.6 is 11.6 Å². The van der Waals surface area contributed by atoms with Gasteiger partial charge in [0.1, 0.15) is 5.75 Å². The van der Waals surface area contributed by atoms with Crippen LogP contribution in [0.4, 0.5) is 0 Å². The maximum atomic E-state index is 12.7. The van der Waals surface area contributed by atoms with Crippen molar-refractivity contribution >= 4 is 11.6 Å². The van der Waals surface area contributed by atoms with Crippen molar-refractivity contribution < 1.29 is 9.47 Å². The van der Waals surface area contributed by atoms with Crippen molar-refractivity contribution in [2.75, 3.05) is 13.2 Å². The first-order valence-electron chi connectivity index (χ1n) is 7.34. The average molecular weight is 335 g/mol. The summed E-state index contributed by atoms with van der Waals surface area (Å²) in [5.41, 5.74) is 0.642. The Hall–Kier alpha value is -2.21. The molecule has 0 spiro atoms. The van der Waals surface area contributed by atoms with Gasteiger partial charge in [-0.15, -0.1) is 0 Å². The van der Waals surface area contributed by atoms with E-state index in [1.165, 1.54) is 11.6 Å². The van der Waals surface area contributed by atoms with Gasteiger partial charge in [0.25, 0.3) is 5.56 Å². The van der Waals surface area contributed by atoms with E-state index in [4.69, 9.17) is 21.1 Å². The lowest BCUT2D eigenvalue weighted by Gasteiger charge is -2.38. The van der Waals surface area contributed by atoms with E-state index < -0.39 is 5.69 Å². The van der Waals surface area contributed by atoms with Crippen LogP contribution in [0.2, 0.25) is 5.02 Å². The summed E-state index contributed by atoms with van der Waals surface area (Å²) in [4.78, 5) is 24.9. The van der Waals surface area contributed by atoms with Gasteiger partial charge in [-0.1, -0.05) is 11.6 Å². The molecule has 0 unspecified atom stereocenters. The van der Waals surface area contributed by atoms with Gasteiger partial charge in [0.2, 0.25) is 5.88 Å². The normalized spacial score (nSPS) is 21.5. The fourth-order valence-corrected chi connectivity index (χ4v) is 3.64. The van der Waals surface area contributed by atoms with Crippen molar-refractivity contribution in [3.8, 4) is 11.6 Å². The van der Waals surface area contributed by atoms with Crippen LogP contribution in [0.25, 0.3) is 0 Å². The molecule has 0 N–H and O–H groups in total. The predicted molar refractivity (Wildman–Crippen MR) is 84.7 cm³/mol. The Balaban J connectivity index is 2.05. The van der Waals surface area contributed by atoms with E-state index in [2.05, 4.69) is 0 Å². The maximum absolute atomic E-state index is 12.7. The lowest BCUT2D eigenvalue weighted by Crippen LogP contribution is -2.46. The van der Waals surface area contributed by atoms with Gasteiger partial charge < -0.3 is 9.47 Å². The molecule has 0 saturated carbocycles. The largest absolute Gasteiger partial charge is 0.493 e. The molecule has 2 aliphatic heterocycles. The summed E-state index contributed by atoms with van der Waals surface area (Å²) < 4.78 is 14.0. The van der Waals surface area contributed by atoms with Gasteiger partial charge in [-0.3, -0.25) is 13.9 Å². The highest BCUT2D eigenvalue weighted by molar-refractivity contribution is 6.30. The van der Waals surface area contributed by atoms with E-state index in [-0.39, 0.29) is 17.4 Å². The molecule has 0 radical (unpaired) electrons. The molecule has 0 amide bonds. The SMILES string of the molecule is Cn1c2c(c(=O)n(C)c1=O)[C@@H]1c3cc(Cl)ccc3OC[C@@H]1CO2. The second-order valence-corrected chi connectivity index (χ2v) is 6.40. The topological polar surface area (TPSA) is 62.5 Å². The van der Waals surface area contributed by atoms with Crippen LogP contribution in [0.1, 0.15) is 17.0 Å². The van der Waals surface area contributed by atoms with E-state index in [0.717, 1.165) is 15.9 Å². The molecule has 0 bridgehead atoms. The zero-order valence-electron chi connectivity index (χ0n) is 12.7. The standard InChI is InChI=1S/C16H15ClN2O4/c1-18-14(20)13-12-8(7-23-15(13)19(2)16(18)21)6-22-11-4-3-9(17)5-10(11)12/h3-5,8,12H,6-7H2,1-2H3/t8-,12+/m1/s1. The number of fused-ring (bicyclic) bond motifs is 5. The third-order valence-electron chi connectivity index (χ3n) is 4.62. The first kappa shape index (κ1) is 14.4. The van der Waals surface area contributed by atoms with Crippen molar-refractivity contribution in [2.24, 2.45) is 20.0 Å². The molecule has 3 heterocycles. The molecular formula is C16H15ClN2O4. The van der Waals surface area contributed by atoms with Crippen LogP contribution in [0, 0.1) is 5.92 Å². The third kappa shape index (κ3) is 1.94. The minimum atomic E-state index is -0.398. The van der Waals surface area contributed by atoms with Crippen LogP contribution in [-0.4, -0.2) is 22.3 Å². The molecule has 23 heavy (non-hydrogen) atoms. The molecule has 0 saturated heterocycles. The molecule has 0 fully saturated rings. The van der Waals surface area contributed by atoms with Crippen LogP contribution in [0.3, 0.4) is 0 Å². The molecule has 4 rings (SSSR count). The molecule has 7 heteroatoms. The molecule has 120 valence electrons. The Morgan fingerprint density at radius 2 is 1.87 bits per heavy atom. The number of benzene rings is 1. The van der Waals surface area contributed by atoms with Crippen LogP contribution < -0.4 is 20.7 Å². The van der Waals surface area contributed by atoms with Crippen LogP contribution in [0.5, 0.6) is 11.6 Å². The smallest absolute Gasteiger partial charge is 0.333 e. The highest BCUT2D eigenvalue weighted by Crippen LogP contribution is 2.46. The minimum Gasteiger partial charge on any atom is -0.493 e. The zero-order chi connectivity index (χ0) is 16.3. The van der Waals surface area contributed by atoms with Crippen LogP contribution in [-0.2, 0) is 14.1 Å². The summed E-state index contributed by atoms with van der Waals surface area (Å²) in [6, 6.07) is 5.41. The van der Waals surface area contributed by atoms with E-state index in [0.29, 0.717) is 29.7 Å². The highest BCUT2D eigenvalue weighted by atomic mass is 35.5. The van der Waals surface area contributed by atoms with E-state index in [1.807, 2.05) is 12.1 Å². The molecular weight excluding hydrogens is 320 g/mol. The molecule has 1 aromatic heterocycles. The monoisotopic (exact) mass is 334 g/mol. The second kappa shape index (κ2) is 4.89. The third-order valence-corrected chi connectivity index (χ3v) is 4.86. The Bertz CT molecular complexity index is 931. The Morgan fingerprint density at radius 3 is 2.65 bits per heavy atom. The number of nitrogens with zero attached hydrogens (tertiary/aromatic N) is 2. The van der Waals surface area contributed by atoms with Gasteiger partial charge in [-0.05, 0) is 18.2 Å². The van der Waals surface area contributed by atoms with Crippen molar-refractivity contribution in [3.05, 3.63) is 55.2 Å². The van der Waals surface area contributed by atoms with Gasteiger partial charge in [-0.25, -0.2) is 4.79 Å². The van der Waals surface area contributed by atoms with Gasteiger partial charge in [-0.2, -0.15) is 0 Å². The molecule has 1 aromatic carbocycles. The minimum absolute atomic E-state index is 0.0127. The summed E-state index contributed by atoms with van der Waals surface area (Å²) in [7, 11) is 3.09. The van der Waals surface area contributed by atoms with Crippen molar-refractivity contribution in [1.82, 2.24) is 9.13 Å². The first-order valence-corrected chi connectivity index (χ1v) is 7.71. The fraction of sp³-hybridized carbons (Fsp3) is 0.375. The summed E-state index contributed by atoms with van der Waals surface area (Å²) in [5.74, 6) is 0.886. The lowest BCUT2D eigenvalue weighted by molar-refractivity contribution is 0.116. The fourth-order valence-electron chi connectivity index (χ4n) is 3.45. The highest BCUT2D eigenvalue weighted by Gasteiger charge is 2.41. The van der Waals surface area contributed by atoms with E-state index >= 15 is 0 Å². The molecule has 2 atom stereocenters. The van der Waals surface area contributed by atoms with E-state index in [1.54, 1.807) is 13.1 Å². The van der Waals surface area contributed by atoms with Gasteiger partial charge in [0.05, 0.1) is 18.8 Å². The molecule has 2 aromatic rings. The lowest BCUT2D eigenvalue weighted by atomic mass is 9.79. The quantitative estimate of drug-likeness (QED) is 0.728. The molecule has 6 nitrogen and oxygen atoms in total. The summed E-state index contributed by atoms with van der Waals surface area (Å²) in [6.07, 6.45) is 0. The predicted octanol–water partition coefficient (Wildman–Crippen LogP) is 1.27. The molecule has 2 aliphatic rings. The Labute approximate surface area is 136 Å². The summed E-state index contributed by atoms with van der Waals surface area (Å²) in [5, 5.41) is 0.586. The second-order valence-electron chi connectivity index (χ2n) is 5.97. The van der Waals surface area contributed by atoms with Gasteiger partial charge >= 0.3 is 5.69 Å². The Kier molecular flexibility index (Phi) is 3.06. The van der Waals surface area contributed by atoms with Gasteiger partial charge in [0, 0.05) is 36.5 Å². The zero-order valence-corrected chi connectivity index (χ0v) is 13.5. The number of rotatable bonds is 0. The number of hydrogen-bond acceptors (Lipinski definition) is 4. The summed E-state index contributed by atoms with van der Waals surface area (Å²) in [6.45, 7) is 0.856. The van der Waals surface area contributed by atoms with Crippen LogP contribution in [0.15, 0.2) is 27.8 Å². The van der Waals surface area contributed by atoms with Crippen molar-refractivity contribution in [3.63, 3.8) is 0 Å². The van der Waals surface area contributed by atoms with Gasteiger partial charge in [0.15, 0.2) is 0 Å². The van der Waals surface area contributed by atoms with E-state index in [9.17, 15) is 9.59 Å². The summed E-state index contributed by atoms with van der Waals surface area (Å²) >= 11 is 6.14. The molecule has 0 aliphatic carbocycles. The number of aromatic nitrogens is 2. The maximum Gasteiger partial charge on any atom is 0.333 e. The Morgan fingerprint density at radius 1 is 1.13 bits per heavy atom. The number of ether oxygens (including phenoxy) is 2.